The van der Waals surface area contributed by atoms with Crippen LogP contribution in [0.4, 0.5) is 14.5 Å². The number of carbonyl (C=O) groups is 1. The van der Waals surface area contributed by atoms with Crippen LogP contribution in [0, 0.1) is 34.8 Å². The highest BCUT2D eigenvalue weighted by Crippen LogP contribution is 2.61. The summed E-state index contributed by atoms with van der Waals surface area (Å²) < 4.78 is 30.0. The van der Waals surface area contributed by atoms with Crippen molar-refractivity contribution >= 4 is 22.5 Å². The second kappa shape index (κ2) is 13.7. The van der Waals surface area contributed by atoms with Gasteiger partial charge in [0.1, 0.15) is 11.6 Å². The van der Waals surface area contributed by atoms with Gasteiger partial charge in [-0.3, -0.25) is 4.79 Å². The number of hydrogen-bond acceptors (Lipinski definition) is 4. The number of benzene rings is 3. The molecule has 254 valence electrons. The SMILES string of the molecule is CCCN(CCC)c1ccc(-c2nc3cc(C(CC(C)=O)NCc4ccc(F)c(F)c4)ccc3n2CC23CC4CC(CC(C4)C2)C3)cc1. The first-order valence-electron chi connectivity index (χ1n) is 18.2. The Bertz CT molecular complexity index is 1720. The summed E-state index contributed by atoms with van der Waals surface area (Å²) in [4.78, 5) is 20.2. The van der Waals surface area contributed by atoms with E-state index in [1.807, 2.05) is 0 Å². The Morgan fingerprint density at radius 2 is 1.58 bits per heavy atom. The number of halogens is 2. The van der Waals surface area contributed by atoms with E-state index < -0.39 is 11.6 Å². The van der Waals surface area contributed by atoms with Gasteiger partial charge in [-0.05, 0) is 141 Å². The van der Waals surface area contributed by atoms with Gasteiger partial charge in [-0.1, -0.05) is 26.0 Å². The first-order chi connectivity index (χ1) is 23.2. The second-order valence-corrected chi connectivity index (χ2v) is 15.3. The summed E-state index contributed by atoms with van der Waals surface area (Å²) in [6, 6.07) is 19.1. The van der Waals surface area contributed by atoms with E-state index in [9.17, 15) is 13.6 Å². The van der Waals surface area contributed by atoms with Crippen molar-refractivity contribution in [3.8, 4) is 11.4 Å². The Hall–Kier alpha value is -3.58. The summed E-state index contributed by atoms with van der Waals surface area (Å²) in [6.07, 6.45) is 10.8. The van der Waals surface area contributed by atoms with Gasteiger partial charge in [-0.2, -0.15) is 0 Å². The van der Waals surface area contributed by atoms with Crippen LogP contribution in [0.2, 0.25) is 0 Å². The summed E-state index contributed by atoms with van der Waals surface area (Å²) in [7, 11) is 0. The second-order valence-electron chi connectivity index (χ2n) is 15.3. The molecule has 4 aliphatic rings. The zero-order valence-corrected chi connectivity index (χ0v) is 28.8. The average molecular weight is 653 g/mol. The fourth-order valence-electron chi connectivity index (χ4n) is 9.78. The molecular weight excluding hydrogens is 602 g/mol. The van der Waals surface area contributed by atoms with Gasteiger partial charge in [0.25, 0.3) is 0 Å². The molecule has 1 unspecified atom stereocenters. The van der Waals surface area contributed by atoms with E-state index in [0.717, 1.165) is 84.3 Å². The molecule has 4 aromatic rings. The Kier molecular flexibility index (Phi) is 9.43. The summed E-state index contributed by atoms with van der Waals surface area (Å²) in [5, 5.41) is 3.44. The maximum atomic E-state index is 13.9. The highest BCUT2D eigenvalue weighted by molar-refractivity contribution is 5.82. The monoisotopic (exact) mass is 652 g/mol. The lowest BCUT2D eigenvalue weighted by Crippen LogP contribution is -2.47. The third-order valence-electron chi connectivity index (χ3n) is 11.3. The summed E-state index contributed by atoms with van der Waals surface area (Å²) >= 11 is 0. The molecule has 4 aliphatic carbocycles. The first kappa shape index (κ1) is 32.9. The molecule has 0 aliphatic heterocycles. The molecule has 1 N–H and O–H groups in total. The standard InChI is InChI=1S/C41H50F2N4O/c1-4-14-46(15-5-2)34-10-7-32(8-11-34)40-45-38-21-33(37(16-27(3)48)44-25-28-6-12-35(42)36(43)20-28)9-13-39(38)47(40)26-41-22-29-17-30(23-41)19-31(18-29)24-41/h6-13,20-21,29-31,37,44H,4-5,14-19,22-26H2,1-3H3. The number of aromatic nitrogens is 2. The topological polar surface area (TPSA) is 50.2 Å². The zero-order valence-electron chi connectivity index (χ0n) is 28.8. The van der Waals surface area contributed by atoms with E-state index in [1.165, 1.54) is 50.3 Å². The zero-order chi connectivity index (χ0) is 33.4. The Labute approximate surface area is 284 Å². The molecule has 5 nitrogen and oxygen atoms in total. The van der Waals surface area contributed by atoms with Crippen molar-refractivity contribution < 1.29 is 13.6 Å². The minimum atomic E-state index is -0.868. The van der Waals surface area contributed by atoms with Crippen molar-refractivity contribution in [1.29, 1.82) is 0 Å². The first-order valence-corrected chi connectivity index (χ1v) is 18.2. The van der Waals surface area contributed by atoms with Crippen LogP contribution in [-0.4, -0.2) is 28.4 Å². The van der Waals surface area contributed by atoms with E-state index in [4.69, 9.17) is 4.98 Å². The predicted molar refractivity (Wildman–Crippen MR) is 190 cm³/mol. The van der Waals surface area contributed by atoms with Crippen molar-refractivity contribution in [2.24, 2.45) is 23.2 Å². The molecule has 0 saturated heterocycles. The maximum absolute atomic E-state index is 13.9. The average Bonchev–Trinajstić information content (AvgIpc) is 3.40. The van der Waals surface area contributed by atoms with Crippen LogP contribution in [0.25, 0.3) is 22.4 Å². The number of nitrogens with one attached hydrogen (secondary N) is 1. The minimum absolute atomic E-state index is 0.0613. The van der Waals surface area contributed by atoms with Gasteiger partial charge in [-0.15, -0.1) is 0 Å². The van der Waals surface area contributed by atoms with Crippen LogP contribution < -0.4 is 10.2 Å². The minimum Gasteiger partial charge on any atom is -0.372 e. The number of imidazole rings is 1. The Morgan fingerprint density at radius 3 is 2.19 bits per heavy atom. The molecule has 8 rings (SSSR count). The summed E-state index contributed by atoms with van der Waals surface area (Å²) in [5.74, 6) is 1.96. The molecule has 7 heteroatoms. The van der Waals surface area contributed by atoms with Crippen molar-refractivity contribution in [1.82, 2.24) is 14.9 Å². The predicted octanol–water partition coefficient (Wildman–Crippen LogP) is 9.63. The number of carbonyl (C=O) groups excluding carboxylic acids is 1. The largest absolute Gasteiger partial charge is 0.372 e. The number of Topliss-reactive ketones (excluding diaryl/α,β-unsaturated/α-hetero) is 1. The van der Waals surface area contributed by atoms with Crippen LogP contribution in [-0.2, 0) is 17.9 Å². The lowest BCUT2D eigenvalue weighted by molar-refractivity contribution is -0.117. The van der Waals surface area contributed by atoms with Crippen LogP contribution in [0.3, 0.4) is 0 Å². The molecule has 1 atom stereocenters. The number of rotatable bonds is 14. The van der Waals surface area contributed by atoms with Gasteiger partial charge in [0.2, 0.25) is 0 Å². The lowest BCUT2D eigenvalue weighted by Gasteiger charge is -2.57. The summed E-state index contributed by atoms with van der Waals surface area (Å²) in [5.41, 5.74) is 6.38. The van der Waals surface area contributed by atoms with Crippen molar-refractivity contribution in [3.63, 3.8) is 0 Å². The van der Waals surface area contributed by atoms with E-state index in [2.05, 4.69) is 71.1 Å². The van der Waals surface area contributed by atoms with Gasteiger partial charge < -0.3 is 14.8 Å². The molecule has 3 aromatic carbocycles. The number of anilines is 1. The van der Waals surface area contributed by atoms with E-state index >= 15 is 0 Å². The molecule has 1 heterocycles. The fourth-order valence-corrected chi connectivity index (χ4v) is 9.78. The Balaban J connectivity index is 1.24. The third kappa shape index (κ3) is 6.80. The van der Waals surface area contributed by atoms with E-state index in [1.54, 1.807) is 13.0 Å². The van der Waals surface area contributed by atoms with Crippen molar-refractivity contribution in [3.05, 3.63) is 83.4 Å². The fraction of sp³-hybridized carbons (Fsp3) is 0.512. The quantitative estimate of drug-likeness (QED) is 0.147. The number of ketones is 1. The van der Waals surface area contributed by atoms with Crippen molar-refractivity contribution in [2.75, 3.05) is 18.0 Å². The van der Waals surface area contributed by atoms with E-state index in [0.29, 0.717) is 23.9 Å². The number of hydrogen-bond donors (Lipinski definition) is 1. The maximum Gasteiger partial charge on any atom is 0.159 e. The normalized spacial score (nSPS) is 23.6. The number of fused-ring (bicyclic) bond motifs is 1. The highest BCUT2D eigenvalue weighted by atomic mass is 19.2. The van der Waals surface area contributed by atoms with Gasteiger partial charge >= 0.3 is 0 Å². The van der Waals surface area contributed by atoms with Gasteiger partial charge in [-0.25, -0.2) is 13.8 Å². The van der Waals surface area contributed by atoms with Gasteiger partial charge in [0.05, 0.1) is 11.0 Å². The molecule has 0 radical (unpaired) electrons. The van der Waals surface area contributed by atoms with E-state index in [-0.39, 0.29) is 11.8 Å². The third-order valence-corrected chi connectivity index (χ3v) is 11.3. The highest BCUT2D eigenvalue weighted by Gasteiger charge is 2.51. The molecule has 4 bridgehead atoms. The van der Waals surface area contributed by atoms with Gasteiger partial charge in [0.15, 0.2) is 11.6 Å². The van der Waals surface area contributed by atoms with Gasteiger partial charge in [0, 0.05) is 49.9 Å². The smallest absolute Gasteiger partial charge is 0.159 e. The van der Waals surface area contributed by atoms with Crippen molar-refractivity contribution in [2.45, 2.75) is 97.7 Å². The van der Waals surface area contributed by atoms with Crippen LogP contribution in [0.1, 0.15) is 95.7 Å². The molecule has 4 fully saturated rings. The molecule has 1 aromatic heterocycles. The molecular formula is C41H50F2N4O. The number of nitrogens with zero attached hydrogens (tertiary/aromatic N) is 3. The van der Waals surface area contributed by atoms with Crippen LogP contribution in [0.5, 0.6) is 0 Å². The Morgan fingerprint density at radius 1 is 0.917 bits per heavy atom. The molecule has 0 spiro atoms. The molecule has 4 saturated carbocycles. The lowest BCUT2D eigenvalue weighted by atomic mass is 9.49. The van der Waals surface area contributed by atoms with Crippen LogP contribution in [0.15, 0.2) is 60.7 Å². The molecule has 48 heavy (non-hydrogen) atoms. The van der Waals surface area contributed by atoms with Crippen LogP contribution >= 0.6 is 0 Å². The molecule has 0 amide bonds. The summed E-state index contributed by atoms with van der Waals surface area (Å²) in [6.45, 7) is 9.46.